The summed E-state index contributed by atoms with van der Waals surface area (Å²) in [4.78, 5) is 96.9. The predicted molar refractivity (Wildman–Crippen MR) is 170 cm³/mol. The Morgan fingerprint density at radius 1 is 0.960 bits per heavy atom. The van der Waals surface area contributed by atoms with Crippen molar-refractivity contribution in [2.45, 2.75) is 109 Å². The van der Waals surface area contributed by atoms with E-state index in [9.17, 15) is 46.7 Å². The number of carboxylic acid groups (broad SMARTS) is 1. The van der Waals surface area contributed by atoms with E-state index in [0.29, 0.717) is 38.8 Å². The number of hydrogen-bond donors (Lipinski definition) is 7. The maximum atomic E-state index is 13.2. The number of nitrogens with one attached hydrogen (secondary N) is 4. The minimum atomic E-state index is -5.08. The first-order chi connectivity index (χ1) is 23.2. The molecule has 17 nitrogen and oxygen atoms in total. The van der Waals surface area contributed by atoms with E-state index < -0.39 is 77.9 Å². The molecule has 6 amide bonds. The summed E-state index contributed by atoms with van der Waals surface area (Å²) in [7, 11) is 0. The van der Waals surface area contributed by atoms with E-state index in [2.05, 4.69) is 21.3 Å². The second-order valence-electron chi connectivity index (χ2n) is 11.2. The lowest BCUT2D eigenvalue weighted by molar-refractivity contribution is -0.192. The fraction of sp³-hybridized carbons (Fsp3) is 0.667. The third-order valence-corrected chi connectivity index (χ3v) is 6.98. The number of carbonyl (C=O) groups is 8. The summed E-state index contributed by atoms with van der Waals surface area (Å²) in [5.41, 5.74) is 10.8. The Kier molecular flexibility index (Phi) is 20.6. The van der Waals surface area contributed by atoms with E-state index in [0.717, 1.165) is 6.08 Å². The molecule has 0 radical (unpaired) electrons. The van der Waals surface area contributed by atoms with Crippen LogP contribution in [-0.2, 0) is 43.1 Å². The summed E-state index contributed by atoms with van der Waals surface area (Å²) >= 11 is 0. The number of alkyl halides is 3. The lowest BCUT2D eigenvalue weighted by Gasteiger charge is -2.28. The van der Waals surface area contributed by atoms with Crippen LogP contribution in [0.3, 0.4) is 0 Å². The van der Waals surface area contributed by atoms with Crippen molar-refractivity contribution in [3.8, 4) is 0 Å². The molecule has 1 aliphatic rings. The summed E-state index contributed by atoms with van der Waals surface area (Å²) < 4.78 is 36.6. The van der Waals surface area contributed by atoms with Crippen molar-refractivity contribution in [2.75, 3.05) is 19.7 Å². The molecule has 50 heavy (non-hydrogen) atoms. The average Bonchev–Trinajstić information content (AvgIpc) is 3.51. The van der Waals surface area contributed by atoms with Gasteiger partial charge >= 0.3 is 18.1 Å². The van der Waals surface area contributed by atoms with Gasteiger partial charge in [-0.2, -0.15) is 13.2 Å². The molecule has 20 heteroatoms. The van der Waals surface area contributed by atoms with Crippen molar-refractivity contribution >= 4 is 47.4 Å². The van der Waals surface area contributed by atoms with Gasteiger partial charge in [-0.3, -0.25) is 28.8 Å². The fourth-order valence-electron chi connectivity index (χ4n) is 4.53. The molecule has 1 heterocycles. The van der Waals surface area contributed by atoms with E-state index in [1.807, 2.05) is 0 Å². The molecule has 1 saturated heterocycles. The molecule has 0 saturated carbocycles. The largest absolute Gasteiger partial charge is 0.490 e. The van der Waals surface area contributed by atoms with Gasteiger partial charge in [0.05, 0.1) is 6.61 Å². The van der Waals surface area contributed by atoms with Crippen LogP contribution in [0.5, 0.6) is 0 Å². The van der Waals surface area contributed by atoms with Crippen molar-refractivity contribution in [1.82, 2.24) is 26.2 Å². The topological polar surface area (TPSA) is 269 Å². The second-order valence-corrected chi connectivity index (χ2v) is 11.2. The van der Waals surface area contributed by atoms with Crippen LogP contribution in [0.25, 0.3) is 0 Å². The third kappa shape index (κ3) is 18.1. The number of nitrogens with zero attached hydrogens (tertiary/aromatic N) is 1. The number of esters is 1. The van der Waals surface area contributed by atoms with Crippen molar-refractivity contribution in [3.05, 3.63) is 12.2 Å². The Balaban J connectivity index is 0.00000308. The highest BCUT2D eigenvalue weighted by atomic mass is 19.4. The van der Waals surface area contributed by atoms with Crippen LogP contribution in [0.1, 0.15) is 72.6 Å². The number of halogens is 3. The molecular formula is C30H48F3N7O10. The van der Waals surface area contributed by atoms with E-state index in [-0.39, 0.29) is 31.8 Å². The monoisotopic (exact) mass is 723 g/mol. The van der Waals surface area contributed by atoms with E-state index in [4.69, 9.17) is 26.1 Å². The smallest absolute Gasteiger partial charge is 0.475 e. The second kappa shape index (κ2) is 22.8. The van der Waals surface area contributed by atoms with Gasteiger partial charge < -0.3 is 47.5 Å². The molecule has 1 aliphatic heterocycles. The number of ether oxygens (including phenoxy) is 1. The van der Waals surface area contributed by atoms with Crippen LogP contribution in [0.4, 0.5) is 13.2 Å². The number of nitrogens with two attached hydrogens (primary N) is 2. The van der Waals surface area contributed by atoms with Crippen LogP contribution in [-0.4, -0.2) is 113 Å². The molecule has 0 spiro atoms. The number of hydrogen-bond acceptors (Lipinski definition) is 10. The summed E-state index contributed by atoms with van der Waals surface area (Å²) in [6.45, 7) is 6.82. The van der Waals surface area contributed by atoms with Gasteiger partial charge in [-0.05, 0) is 65.8 Å². The zero-order valence-electron chi connectivity index (χ0n) is 28.5. The number of likely N-dealkylation sites (tertiary alicyclic amines) is 1. The first kappa shape index (κ1) is 45.2. The SMILES string of the molecule is CCOC(=O)/C=C/[C@H](CCC(N)=O)NC(=O)[C@H](CCCCN)NC(=O)[C@H](C)NC(=O)[C@@H]1CCCN1C(=O)[C@H](C)NC(C)=O.O=C(O)C(F)(F)F. The van der Waals surface area contributed by atoms with E-state index >= 15 is 0 Å². The van der Waals surface area contributed by atoms with Crippen LogP contribution < -0.4 is 32.7 Å². The van der Waals surface area contributed by atoms with Crippen LogP contribution >= 0.6 is 0 Å². The average molecular weight is 724 g/mol. The number of primary amides is 1. The predicted octanol–water partition coefficient (Wildman–Crippen LogP) is -0.877. The minimum absolute atomic E-state index is 0.0599. The van der Waals surface area contributed by atoms with Gasteiger partial charge in [0.15, 0.2) is 0 Å². The van der Waals surface area contributed by atoms with Gasteiger partial charge in [-0.1, -0.05) is 6.08 Å². The molecule has 0 aromatic carbocycles. The fourth-order valence-corrected chi connectivity index (χ4v) is 4.53. The minimum Gasteiger partial charge on any atom is -0.475 e. The van der Waals surface area contributed by atoms with Crippen molar-refractivity contribution < 1.29 is 61.4 Å². The molecule has 0 unspecified atom stereocenters. The maximum absolute atomic E-state index is 13.2. The lowest BCUT2D eigenvalue weighted by Crippen LogP contribution is -2.57. The third-order valence-electron chi connectivity index (χ3n) is 6.98. The molecule has 9 N–H and O–H groups in total. The molecular weight excluding hydrogens is 675 g/mol. The highest BCUT2D eigenvalue weighted by Gasteiger charge is 2.39. The van der Waals surface area contributed by atoms with Gasteiger partial charge in [0.25, 0.3) is 0 Å². The molecule has 0 bridgehead atoms. The first-order valence-corrected chi connectivity index (χ1v) is 15.9. The van der Waals surface area contributed by atoms with Crippen molar-refractivity contribution in [1.29, 1.82) is 0 Å². The number of unbranched alkanes of at least 4 members (excludes halogenated alkanes) is 1. The van der Waals surface area contributed by atoms with Gasteiger partial charge in [-0.25, -0.2) is 9.59 Å². The molecule has 0 aliphatic carbocycles. The standard InChI is InChI=1S/C28H47N7O8.C2HF3O2/c1-5-43-24(38)14-12-20(11-13-23(30)37)33-26(40)21(9-6-7-15-29)34-25(39)17(2)32-27(41)22-10-8-16-35(22)28(42)18(3)31-19(4)36;3-2(4,5)1(6)7/h12,14,17-18,20-22H,5-11,13,15-16,29H2,1-4H3,(H2,30,37)(H,31,36)(H,32,41)(H,33,40)(H,34,39);(H,6,7)/b14-12+;/t17-,18-,20-,21-,22-;/m0./s1. The van der Waals surface area contributed by atoms with Gasteiger partial charge in [0.2, 0.25) is 35.4 Å². The summed E-state index contributed by atoms with van der Waals surface area (Å²) in [5.74, 6) is -6.45. The van der Waals surface area contributed by atoms with Crippen LogP contribution in [0.15, 0.2) is 12.2 Å². The van der Waals surface area contributed by atoms with E-state index in [1.54, 1.807) is 6.92 Å². The normalized spacial score (nSPS) is 16.5. The summed E-state index contributed by atoms with van der Waals surface area (Å²) in [5, 5.41) is 17.6. The van der Waals surface area contributed by atoms with Gasteiger partial charge in [0, 0.05) is 32.0 Å². The van der Waals surface area contributed by atoms with E-state index in [1.165, 1.54) is 31.7 Å². The van der Waals surface area contributed by atoms with Crippen molar-refractivity contribution in [2.24, 2.45) is 11.5 Å². The molecule has 1 fully saturated rings. The zero-order chi connectivity index (χ0) is 38.6. The Morgan fingerprint density at radius 3 is 2.10 bits per heavy atom. The molecule has 1 rings (SSSR count). The van der Waals surface area contributed by atoms with Crippen molar-refractivity contribution in [3.63, 3.8) is 0 Å². The number of carbonyl (C=O) groups excluding carboxylic acids is 7. The number of amides is 6. The Morgan fingerprint density at radius 2 is 1.58 bits per heavy atom. The quantitative estimate of drug-likeness (QED) is 0.0519. The van der Waals surface area contributed by atoms with Crippen LogP contribution in [0.2, 0.25) is 0 Å². The Bertz CT molecular complexity index is 1230. The molecule has 5 atom stereocenters. The summed E-state index contributed by atoms with van der Waals surface area (Å²) in [6, 6.07) is -4.41. The van der Waals surface area contributed by atoms with Crippen LogP contribution in [0, 0.1) is 0 Å². The van der Waals surface area contributed by atoms with Gasteiger partial charge in [0.1, 0.15) is 24.2 Å². The number of aliphatic carboxylic acids is 1. The zero-order valence-corrected chi connectivity index (χ0v) is 28.5. The van der Waals surface area contributed by atoms with Gasteiger partial charge in [-0.15, -0.1) is 0 Å². The summed E-state index contributed by atoms with van der Waals surface area (Å²) in [6.07, 6.45) is -0.152. The Labute approximate surface area is 287 Å². The molecule has 284 valence electrons. The highest BCUT2D eigenvalue weighted by Crippen LogP contribution is 2.19. The number of rotatable bonds is 18. The molecule has 0 aromatic heterocycles. The highest BCUT2D eigenvalue weighted by molar-refractivity contribution is 5.95. The Hall–Kier alpha value is -4.75. The maximum Gasteiger partial charge on any atom is 0.490 e. The molecule has 0 aromatic rings. The number of carboxylic acids is 1. The lowest BCUT2D eigenvalue weighted by atomic mass is 10.1. The first-order valence-electron chi connectivity index (χ1n) is 15.9.